The average molecular weight is 262 g/mol. The number of esters is 2. The molecular weight excluding hydrogens is 248 g/mol. The minimum atomic E-state index is -1.07. The number of nitrogens with zero attached hydrogens (tertiary/aromatic N) is 2. The topological polar surface area (TPSA) is 70.4 Å². The van der Waals surface area contributed by atoms with Crippen molar-refractivity contribution >= 4 is 23.0 Å². The normalized spacial score (nSPS) is 10.7. The molecule has 2 rings (SSSR count). The van der Waals surface area contributed by atoms with Gasteiger partial charge in [-0.2, -0.15) is 0 Å². The molecular formula is C13H14N2O4. The minimum Gasteiger partial charge on any atom is -0.468 e. The molecule has 0 aliphatic heterocycles. The van der Waals surface area contributed by atoms with Crippen LogP contribution in [0.25, 0.3) is 11.0 Å². The van der Waals surface area contributed by atoms with Gasteiger partial charge in [0.25, 0.3) is 0 Å². The van der Waals surface area contributed by atoms with Gasteiger partial charge in [-0.25, -0.2) is 4.98 Å². The lowest BCUT2D eigenvalue weighted by molar-refractivity contribution is -0.154. The van der Waals surface area contributed by atoms with Crippen LogP contribution in [-0.2, 0) is 26.1 Å². The van der Waals surface area contributed by atoms with Crippen LogP contribution in [0.5, 0.6) is 0 Å². The molecule has 1 heterocycles. The first-order valence-electron chi connectivity index (χ1n) is 5.65. The lowest BCUT2D eigenvalue weighted by atomic mass is 9.99. The van der Waals surface area contributed by atoms with Crippen LogP contribution in [0.3, 0.4) is 0 Å². The summed E-state index contributed by atoms with van der Waals surface area (Å²) in [5.74, 6) is -2.36. The third-order valence-corrected chi connectivity index (χ3v) is 2.96. The lowest BCUT2D eigenvalue weighted by Gasteiger charge is -2.12. The molecule has 0 unspecified atom stereocenters. The van der Waals surface area contributed by atoms with Crippen molar-refractivity contribution in [2.75, 3.05) is 14.2 Å². The van der Waals surface area contributed by atoms with E-state index in [0.29, 0.717) is 5.56 Å². The molecule has 6 heteroatoms. The van der Waals surface area contributed by atoms with E-state index < -0.39 is 17.9 Å². The third kappa shape index (κ3) is 2.29. The lowest BCUT2D eigenvalue weighted by Crippen LogP contribution is -2.24. The average Bonchev–Trinajstić information content (AvgIpc) is 2.80. The third-order valence-electron chi connectivity index (χ3n) is 2.96. The Balaban J connectivity index is 2.52. The summed E-state index contributed by atoms with van der Waals surface area (Å²) >= 11 is 0. The van der Waals surface area contributed by atoms with Gasteiger partial charge in [0, 0.05) is 7.05 Å². The van der Waals surface area contributed by atoms with Gasteiger partial charge < -0.3 is 14.0 Å². The second-order valence-corrected chi connectivity index (χ2v) is 4.08. The van der Waals surface area contributed by atoms with Crippen molar-refractivity contribution in [2.45, 2.75) is 5.92 Å². The van der Waals surface area contributed by atoms with Crippen LogP contribution < -0.4 is 0 Å². The number of imidazole rings is 1. The van der Waals surface area contributed by atoms with E-state index in [2.05, 4.69) is 14.5 Å². The molecule has 0 aliphatic carbocycles. The van der Waals surface area contributed by atoms with E-state index >= 15 is 0 Å². The fourth-order valence-electron chi connectivity index (χ4n) is 1.93. The molecule has 0 N–H and O–H groups in total. The van der Waals surface area contributed by atoms with Crippen molar-refractivity contribution in [3.63, 3.8) is 0 Å². The summed E-state index contributed by atoms with van der Waals surface area (Å²) in [7, 11) is 4.31. The van der Waals surface area contributed by atoms with Gasteiger partial charge in [-0.3, -0.25) is 9.59 Å². The number of ether oxygens (including phenoxy) is 2. The first-order chi connectivity index (χ1) is 9.08. The number of aryl methyl sites for hydroxylation is 1. The largest absolute Gasteiger partial charge is 0.468 e. The van der Waals surface area contributed by atoms with Crippen molar-refractivity contribution < 1.29 is 19.1 Å². The van der Waals surface area contributed by atoms with Gasteiger partial charge in [-0.15, -0.1) is 0 Å². The molecule has 19 heavy (non-hydrogen) atoms. The van der Waals surface area contributed by atoms with Crippen molar-refractivity contribution in [1.29, 1.82) is 0 Å². The number of carbonyl (C=O) groups excluding carboxylic acids is 2. The van der Waals surface area contributed by atoms with Crippen molar-refractivity contribution in [3.05, 3.63) is 30.1 Å². The molecule has 1 aromatic heterocycles. The van der Waals surface area contributed by atoms with E-state index in [0.717, 1.165) is 11.0 Å². The molecule has 0 radical (unpaired) electrons. The molecule has 0 aliphatic rings. The van der Waals surface area contributed by atoms with Gasteiger partial charge in [-0.1, -0.05) is 6.07 Å². The zero-order chi connectivity index (χ0) is 14.0. The fourth-order valence-corrected chi connectivity index (χ4v) is 1.93. The maximum Gasteiger partial charge on any atom is 0.324 e. The smallest absolute Gasteiger partial charge is 0.324 e. The van der Waals surface area contributed by atoms with E-state index in [-0.39, 0.29) is 0 Å². The van der Waals surface area contributed by atoms with Crippen LogP contribution in [0.4, 0.5) is 0 Å². The molecule has 0 saturated heterocycles. The summed E-state index contributed by atoms with van der Waals surface area (Å²) in [5, 5.41) is 0. The van der Waals surface area contributed by atoms with Crippen LogP contribution in [0.2, 0.25) is 0 Å². The maximum atomic E-state index is 11.7. The molecule has 0 saturated carbocycles. The predicted molar refractivity (Wildman–Crippen MR) is 67.5 cm³/mol. The van der Waals surface area contributed by atoms with Gasteiger partial charge in [0.2, 0.25) is 0 Å². The molecule has 0 atom stereocenters. The Labute approximate surface area is 109 Å². The number of aromatic nitrogens is 2. The first-order valence-corrected chi connectivity index (χ1v) is 5.65. The molecule has 1 aromatic carbocycles. The van der Waals surface area contributed by atoms with Gasteiger partial charge in [0.05, 0.1) is 31.6 Å². The van der Waals surface area contributed by atoms with Crippen molar-refractivity contribution in [2.24, 2.45) is 7.05 Å². The Kier molecular flexibility index (Phi) is 3.50. The Bertz CT molecular complexity index is 617. The maximum absolute atomic E-state index is 11.7. The number of rotatable bonds is 3. The minimum absolute atomic E-state index is 0.523. The Morgan fingerprint density at radius 2 is 1.84 bits per heavy atom. The number of hydrogen-bond acceptors (Lipinski definition) is 5. The SMILES string of the molecule is COC(=O)C(C(=O)OC)c1ccc2ncn(C)c2c1. The van der Waals surface area contributed by atoms with Crippen molar-refractivity contribution in [1.82, 2.24) is 9.55 Å². The highest BCUT2D eigenvalue weighted by molar-refractivity contribution is 6.01. The molecule has 0 amide bonds. The van der Waals surface area contributed by atoms with E-state index in [1.54, 1.807) is 24.5 Å². The summed E-state index contributed by atoms with van der Waals surface area (Å²) in [6.45, 7) is 0. The highest BCUT2D eigenvalue weighted by Gasteiger charge is 2.30. The number of benzene rings is 1. The van der Waals surface area contributed by atoms with E-state index in [4.69, 9.17) is 0 Å². The Morgan fingerprint density at radius 3 is 2.42 bits per heavy atom. The van der Waals surface area contributed by atoms with E-state index in [1.807, 2.05) is 11.6 Å². The van der Waals surface area contributed by atoms with Gasteiger partial charge in [0.15, 0.2) is 5.92 Å². The highest BCUT2D eigenvalue weighted by Crippen LogP contribution is 2.23. The molecule has 0 spiro atoms. The number of hydrogen-bond donors (Lipinski definition) is 0. The molecule has 2 aromatic rings. The van der Waals surface area contributed by atoms with Gasteiger partial charge in [0.1, 0.15) is 0 Å². The second kappa shape index (κ2) is 5.09. The van der Waals surface area contributed by atoms with E-state index in [9.17, 15) is 9.59 Å². The van der Waals surface area contributed by atoms with Gasteiger partial charge >= 0.3 is 11.9 Å². The summed E-state index contributed by atoms with van der Waals surface area (Å²) in [6.07, 6.45) is 1.67. The van der Waals surface area contributed by atoms with Crippen LogP contribution in [0.1, 0.15) is 11.5 Å². The zero-order valence-corrected chi connectivity index (χ0v) is 10.9. The Morgan fingerprint density at radius 1 is 1.21 bits per heavy atom. The summed E-state index contributed by atoms with van der Waals surface area (Å²) in [4.78, 5) is 27.6. The Hall–Kier alpha value is -2.37. The van der Waals surface area contributed by atoms with Crippen molar-refractivity contribution in [3.8, 4) is 0 Å². The summed E-state index contributed by atoms with van der Waals surface area (Å²) in [5.41, 5.74) is 2.14. The van der Waals surface area contributed by atoms with Crippen LogP contribution in [0, 0.1) is 0 Å². The van der Waals surface area contributed by atoms with E-state index in [1.165, 1.54) is 14.2 Å². The first kappa shape index (κ1) is 13.1. The number of fused-ring (bicyclic) bond motifs is 1. The molecule has 100 valence electrons. The summed E-state index contributed by atoms with van der Waals surface area (Å²) < 4.78 is 11.1. The van der Waals surface area contributed by atoms with Crippen LogP contribution >= 0.6 is 0 Å². The van der Waals surface area contributed by atoms with Gasteiger partial charge in [-0.05, 0) is 17.7 Å². The molecule has 6 nitrogen and oxygen atoms in total. The molecule has 0 bridgehead atoms. The quantitative estimate of drug-likeness (QED) is 0.609. The van der Waals surface area contributed by atoms with Crippen LogP contribution in [-0.4, -0.2) is 35.7 Å². The highest BCUT2D eigenvalue weighted by atomic mass is 16.5. The zero-order valence-electron chi connectivity index (χ0n) is 10.9. The fraction of sp³-hybridized carbons (Fsp3) is 0.308. The number of carbonyl (C=O) groups is 2. The van der Waals surface area contributed by atoms with Crippen LogP contribution in [0.15, 0.2) is 24.5 Å². The number of methoxy groups -OCH3 is 2. The predicted octanol–water partition coefficient (Wildman–Crippen LogP) is 1.00. The monoisotopic (exact) mass is 262 g/mol. The standard InChI is InChI=1S/C13H14N2O4/c1-15-7-14-9-5-4-8(6-10(9)15)11(12(16)18-2)13(17)19-3/h4-7,11H,1-3H3. The molecule has 0 fully saturated rings. The summed E-state index contributed by atoms with van der Waals surface area (Å²) in [6, 6.07) is 5.16. The second-order valence-electron chi connectivity index (χ2n) is 4.08.